The van der Waals surface area contributed by atoms with Crippen molar-refractivity contribution in [2.75, 3.05) is 44.8 Å². The van der Waals surface area contributed by atoms with Gasteiger partial charge in [-0.05, 0) is 19.9 Å². The summed E-state index contributed by atoms with van der Waals surface area (Å²) in [6, 6.07) is 5.41. The number of alkyl halides is 6. The van der Waals surface area contributed by atoms with Crippen LogP contribution in [0.1, 0.15) is 56.2 Å². The third kappa shape index (κ3) is 10.1. The Morgan fingerprint density at radius 3 is 2.33 bits per heavy atom. The molecule has 0 spiro atoms. The van der Waals surface area contributed by atoms with Crippen molar-refractivity contribution in [1.82, 2.24) is 19.9 Å². The monoisotopic (exact) mass is 691 g/mol. The molecule has 0 unspecified atom stereocenters. The molecule has 2 heterocycles. The van der Waals surface area contributed by atoms with Crippen molar-refractivity contribution in [3.63, 3.8) is 0 Å². The van der Waals surface area contributed by atoms with Crippen LogP contribution in [-0.2, 0) is 6.18 Å². The standard InChI is InChI=1S/C29H41F3IN5OS/c1-6-10-33(11-7-2)12-15-38(14-8-3)16-17-39-25-19-23(29(30,31)32)18-24(20-25)36-28-34-13-9-26(37-28)27-35-21(4)22(5)40-27/h9,13,18-20H,6-8,10-12,14-17H2,1-5H3,(H,34,36,37). The molecule has 0 aliphatic rings. The maximum absolute atomic E-state index is 13.7. The predicted molar refractivity (Wildman–Crippen MR) is 169 cm³/mol. The molecule has 0 bridgehead atoms. The van der Waals surface area contributed by atoms with E-state index in [4.69, 9.17) is 4.74 Å². The Balaban J connectivity index is 1.70. The second kappa shape index (κ2) is 15.9. The Labute approximate surface area is 247 Å². The third-order valence-corrected chi connectivity index (χ3v) is 14.5. The van der Waals surface area contributed by atoms with Crippen LogP contribution in [0.3, 0.4) is 0 Å². The molecule has 1 N–H and O–H groups in total. The van der Waals surface area contributed by atoms with Crippen LogP contribution in [0.25, 0.3) is 10.7 Å². The van der Waals surface area contributed by atoms with Gasteiger partial charge in [-0.2, -0.15) is 0 Å². The second-order valence-corrected chi connectivity index (χ2v) is 17.3. The third-order valence-electron chi connectivity index (χ3n) is 6.19. The summed E-state index contributed by atoms with van der Waals surface area (Å²) < 4.78 is 51.2. The molecule has 0 fully saturated rings. The minimum atomic E-state index is -4.51. The Kier molecular flexibility index (Phi) is 12.9. The van der Waals surface area contributed by atoms with Gasteiger partial charge in [-0.15, -0.1) is 11.3 Å². The van der Waals surface area contributed by atoms with Crippen LogP contribution in [0.4, 0.5) is 24.8 Å². The number of hydrogen-bond donors (Lipinski definition) is 1. The number of nitrogens with one attached hydrogen (secondary N) is 1. The van der Waals surface area contributed by atoms with Crippen LogP contribution >= 0.6 is 31.2 Å². The summed E-state index contributed by atoms with van der Waals surface area (Å²) in [6.45, 7) is 13.6. The molecule has 0 saturated heterocycles. The van der Waals surface area contributed by atoms with Crippen LogP contribution in [0.2, 0.25) is 0 Å². The van der Waals surface area contributed by atoms with E-state index >= 15 is 0 Å². The zero-order valence-corrected chi connectivity index (χ0v) is 27.0. The molecular formula is C29H41F3IN5OS. The van der Waals surface area contributed by atoms with Gasteiger partial charge in [0.1, 0.15) is 10.7 Å². The summed E-state index contributed by atoms with van der Waals surface area (Å²) in [5.41, 5.74) is 0.970. The number of anilines is 2. The molecule has 0 radical (unpaired) electrons. The first kappa shape index (κ1) is 32.5. The Bertz CT molecular complexity index is 1180. The normalized spacial score (nSPS) is 12.2. The zero-order valence-electron chi connectivity index (χ0n) is 24.1. The molecule has 0 aliphatic heterocycles. The maximum atomic E-state index is 13.7. The zero-order chi connectivity index (χ0) is 29.1. The summed E-state index contributed by atoms with van der Waals surface area (Å²) in [5, 5.41) is 3.67. The molecule has 3 rings (SSSR count). The van der Waals surface area contributed by atoms with E-state index in [9.17, 15) is 13.2 Å². The van der Waals surface area contributed by atoms with E-state index in [-0.39, 0.29) is 17.4 Å². The van der Waals surface area contributed by atoms with Crippen molar-refractivity contribution < 1.29 is 17.9 Å². The Morgan fingerprint density at radius 2 is 1.70 bits per heavy atom. The van der Waals surface area contributed by atoms with Gasteiger partial charge in [0.05, 0.1) is 5.69 Å². The number of hydrogen-bond acceptors (Lipinski definition) is 7. The number of ether oxygens (including phenoxy) is 1. The van der Waals surface area contributed by atoms with Crippen molar-refractivity contribution in [3.05, 3.63) is 46.6 Å². The second-order valence-electron chi connectivity index (χ2n) is 9.62. The average molecular weight is 692 g/mol. The Morgan fingerprint density at radius 1 is 0.950 bits per heavy atom. The summed E-state index contributed by atoms with van der Waals surface area (Å²) in [5.74, 6) is 0.363. The first-order chi connectivity index (χ1) is 19.1. The van der Waals surface area contributed by atoms with Crippen molar-refractivity contribution in [3.8, 4) is 16.5 Å². The molecule has 0 saturated carbocycles. The number of benzene rings is 1. The van der Waals surface area contributed by atoms with E-state index in [0.29, 0.717) is 18.8 Å². The quantitative estimate of drug-likeness (QED) is 0.120. The minimum absolute atomic E-state index is 0.168. The van der Waals surface area contributed by atoms with Gasteiger partial charge in [0, 0.05) is 11.1 Å². The van der Waals surface area contributed by atoms with Gasteiger partial charge in [0.25, 0.3) is 0 Å². The van der Waals surface area contributed by atoms with Crippen molar-refractivity contribution in [2.24, 2.45) is 0 Å². The van der Waals surface area contributed by atoms with Crippen LogP contribution in [0.5, 0.6) is 5.75 Å². The molecule has 6 nitrogen and oxygen atoms in total. The van der Waals surface area contributed by atoms with Gasteiger partial charge in [-0.25, -0.2) is 4.98 Å². The number of nitrogens with zero attached hydrogens (tertiary/aromatic N) is 4. The molecule has 2 aromatic heterocycles. The fourth-order valence-electron chi connectivity index (χ4n) is 4.17. The van der Waals surface area contributed by atoms with Crippen LogP contribution < -0.4 is 10.1 Å². The predicted octanol–water partition coefficient (Wildman–Crippen LogP) is 8.40. The van der Waals surface area contributed by atoms with Gasteiger partial charge < -0.3 is 0 Å². The molecular weight excluding hydrogens is 650 g/mol. The van der Waals surface area contributed by atoms with Crippen molar-refractivity contribution >= 4 is 42.8 Å². The van der Waals surface area contributed by atoms with Gasteiger partial charge in [0.15, 0.2) is 0 Å². The Hall–Kier alpha value is -1.99. The van der Waals surface area contributed by atoms with E-state index in [1.165, 1.54) is 37.5 Å². The topological polar surface area (TPSA) is 63.2 Å². The SMILES string of the molecule is CCCN(CCOc1cc(Nc2nccc(-c3nc(C)c(C)s3)n2)cc(C(F)(F)F)c1)CCI(CCC)CCC. The van der Waals surface area contributed by atoms with Gasteiger partial charge in [0.2, 0.25) is 0 Å². The fourth-order valence-corrected chi connectivity index (χ4v) is 11.1. The summed E-state index contributed by atoms with van der Waals surface area (Å²) >= 11 is 0.598. The van der Waals surface area contributed by atoms with Crippen LogP contribution in [0, 0.1) is 13.8 Å². The average Bonchev–Trinajstić information content (AvgIpc) is 3.25. The number of aryl methyl sites for hydroxylation is 2. The number of aromatic nitrogens is 3. The van der Waals surface area contributed by atoms with Crippen LogP contribution in [-0.4, -0.2) is 59.4 Å². The van der Waals surface area contributed by atoms with E-state index in [1.807, 2.05) is 13.8 Å². The van der Waals surface area contributed by atoms with Gasteiger partial charge >= 0.3 is 185 Å². The van der Waals surface area contributed by atoms with Crippen molar-refractivity contribution in [1.29, 1.82) is 0 Å². The number of rotatable bonds is 16. The molecule has 0 aliphatic carbocycles. The molecule has 3 aromatic rings. The molecule has 40 heavy (non-hydrogen) atoms. The van der Waals surface area contributed by atoms with E-state index in [1.54, 1.807) is 18.3 Å². The van der Waals surface area contributed by atoms with Gasteiger partial charge in [-0.1, -0.05) is 0 Å². The summed E-state index contributed by atoms with van der Waals surface area (Å²) in [4.78, 5) is 16.7. The first-order valence-electron chi connectivity index (χ1n) is 13.8. The fraction of sp³-hybridized carbons (Fsp3) is 0.552. The van der Waals surface area contributed by atoms with E-state index < -0.39 is 31.6 Å². The molecule has 11 heteroatoms. The molecule has 222 valence electrons. The van der Waals surface area contributed by atoms with Crippen molar-refractivity contribution in [2.45, 2.75) is 60.1 Å². The van der Waals surface area contributed by atoms with Gasteiger partial charge in [-0.3, -0.25) is 0 Å². The summed E-state index contributed by atoms with van der Waals surface area (Å²) in [7, 11) is 0. The molecule has 1 aromatic carbocycles. The van der Waals surface area contributed by atoms with Crippen LogP contribution in [0.15, 0.2) is 30.5 Å². The molecule has 0 atom stereocenters. The van der Waals surface area contributed by atoms with E-state index in [0.717, 1.165) is 47.2 Å². The number of thiazole rings is 1. The first-order valence-corrected chi connectivity index (χ1v) is 19.2. The number of halogens is 4. The van der Waals surface area contributed by atoms with E-state index in [2.05, 4.69) is 45.9 Å². The summed E-state index contributed by atoms with van der Waals surface area (Å²) in [6.07, 6.45) is 0.605. The molecule has 0 amide bonds.